The van der Waals surface area contributed by atoms with Crippen LogP contribution in [0, 0.1) is 6.61 Å². The van der Waals surface area contributed by atoms with Crippen molar-refractivity contribution in [2.24, 2.45) is 0 Å². The first kappa shape index (κ1) is 9.18. The van der Waals surface area contributed by atoms with Gasteiger partial charge in [0, 0.05) is 32.7 Å². The van der Waals surface area contributed by atoms with Gasteiger partial charge in [-0.2, -0.15) is 0 Å². The van der Waals surface area contributed by atoms with Crippen molar-refractivity contribution in [2.75, 3.05) is 0 Å². The van der Waals surface area contributed by atoms with E-state index in [1.807, 2.05) is 0 Å². The topological polar surface area (TPSA) is 20.2 Å². The summed E-state index contributed by atoms with van der Waals surface area (Å²) in [6.45, 7) is 4.06. The molecule has 0 atom stereocenters. The molecule has 0 saturated carbocycles. The number of rotatable bonds is 1. The van der Waals surface area contributed by atoms with Gasteiger partial charge in [0.15, 0.2) is 0 Å². The second-order valence-electron chi connectivity index (χ2n) is 0.385. The number of hydrogen-bond donors (Lipinski definition) is 1. The molecule has 0 amide bonds. The SMILES string of the molecule is C=C[CH-]O.[Y]. The normalized spacial score (nSPS) is 4.20. The first-order valence-corrected chi connectivity index (χ1v) is 1.000. The predicted molar refractivity (Wildman–Crippen MR) is 16.4 cm³/mol. The average Bonchev–Trinajstić information content (AvgIpc) is 1.37. The van der Waals surface area contributed by atoms with Crippen molar-refractivity contribution in [3.8, 4) is 0 Å². The Morgan fingerprint density at radius 1 is 1.80 bits per heavy atom. The fourth-order valence-electron chi connectivity index (χ4n) is 0. The molecule has 0 unspecified atom stereocenters. The molecule has 0 aliphatic heterocycles. The minimum atomic E-state index is 0. The Morgan fingerprint density at radius 2 is 2.00 bits per heavy atom. The molecule has 0 aromatic heterocycles. The third kappa shape index (κ3) is 11.9. The molecule has 0 aliphatic rings. The number of hydrogen-bond acceptors (Lipinski definition) is 1. The Bertz CT molecular complexity index is 20.9. The van der Waals surface area contributed by atoms with Crippen molar-refractivity contribution in [3.63, 3.8) is 0 Å². The second-order valence-corrected chi connectivity index (χ2v) is 0.385. The van der Waals surface area contributed by atoms with E-state index in [1.54, 1.807) is 0 Å². The van der Waals surface area contributed by atoms with Crippen LogP contribution >= 0.6 is 0 Å². The van der Waals surface area contributed by atoms with Crippen LogP contribution in [0.3, 0.4) is 0 Å². The van der Waals surface area contributed by atoms with Crippen LogP contribution < -0.4 is 0 Å². The smallest absolute Gasteiger partial charge is 0 e. The van der Waals surface area contributed by atoms with Gasteiger partial charge in [0.25, 0.3) is 0 Å². The minimum absolute atomic E-state index is 0. The van der Waals surface area contributed by atoms with E-state index in [4.69, 9.17) is 5.11 Å². The number of aliphatic hydroxyl groups excluding tert-OH is 1. The van der Waals surface area contributed by atoms with Gasteiger partial charge in [-0.15, -0.1) is 6.61 Å². The molecule has 1 nitrogen and oxygen atoms in total. The maximum Gasteiger partial charge on any atom is 0 e. The van der Waals surface area contributed by atoms with Crippen molar-refractivity contribution in [1.82, 2.24) is 0 Å². The molecule has 0 spiro atoms. The third-order valence-electron chi connectivity index (χ3n) is 0.105. The minimum Gasteiger partial charge on any atom is -0.458 e. The Labute approximate surface area is 57.0 Å². The average molecular weight is 146 g/mol. The van der Waals surface area contributed by atoms with Crippen LogP contribution in [0.4, 0.5) is 0 Å². The zero-order chi connectivity index (χ0) is 3.41. The molecule has 0 saturated heterocycles. The van der Waals surface area contributed by atoms with Crippen molar-refractivity contribution < 1.29 is 37.8 Å². The van der Waals surface area contributed by atoms with Crippen LogP contribution in [0.5, 0.6) is 0 Å². The molecule has 27 valence electrons. The molecule has 0 aliphatic carbocycles. The molecular weight excluding hydrogens is 141 g/mol. The van der Waals surface area contributed by atoms with Crippen LogP contribution in [0.15, 0.2) is 12.7 Å². The first-order chi connectivity index (χ1) is 1.91. The Morgan fingerprint density at radius 3 is 2.00 bits per heavy atom. The molecule has 1 radical (unpaired) electrons. The summed E-state index contributed by atoms with van der Waals surface area (Å²) in [5.41, 5.74) is 0. The molecule has 0 rings (SSSR count). The summed E-state index contributed by atoms with van der Waals surface area (Å²) in [4.78, 5) is 0. The van der Waals surface area contributed by atoms with E-state index >= 15 is 0 Å². The molecule has 0 aromatic rings. The molecule has 0 heterocycles. The van der Waals surface area contributed by atoms with Gasteiger partial charge in [0.2, 0.25) is 0 Å². The fraction of sp³-hybridized carbons (Fsp3) is 0. The van der Waals surface area contributed by atoms with Crippen molar-refractivity contribution in [3.05, 3.63) is 19.3 Å². The van der Waals surface area contributed by atoms with E-state index in [0.29, 0.717) is 0 Å². The van der Waals surface area contributed by atoms with Gasteiger partial charge in [-0.25, -0.2) is 12.7 Å². The summed E-state index contributed by atoms with van der Waals surface area (Å²) in [7, 11) is 0. The van der Waals surface area contributed by atoms with Crippen LogP contribution in [-0.2, 0) is 32.7 Å². The van der Waals surface area contributed by atoms with E-state index in [1.165, 1.54) is 6.08 Å². The monoisotopic (exact) mass is 146 g/mol. The van der Waals surface area contributed by atoms with Crippen LogP contribution in [0.2, 0.25) is 0 Å². The maximum absolute atomic E-state index is 7.63. The molecule has 1 N–H and O–H groups in total. The van der Waals surface area contributed by atoms with Gasteiger partial charge in [0.05, 0.1) is 0 Å². The predicted octanol–water partition coefficient (Wildman–Crippen LogP) is 0.704. The van der Waals surface area contributed by atoms with E-state index in [9.17, 15) is 0 Å². The molecule has 0 fully saturated rings. The van der Waals surface area contributed by atoms with Crippen LogP contribution in [0.1, 0.15) is 0 Å². The zero-order valence-electron chi connectivity index (χ0n) is 2.89. The van der Waals surface area contributed by atoms with Gasteiger partial charge < -0.3 is 5.11 Å². The van der Waals surface area contributed by atoms with Gasteiger partial charge >= 0.3 is 0 Å². The Kier molecular flexibility index (Phi) is 16.2. The molecular formula is C3H5OY-. The van der Waals surface area contributed by atoms with Gasteiger partial charge in [-0.3, -0.25) is 0 Å². The Hall–Kier alpha value is 0.674. The van der Waals surface area contributed by atoms with Gasteiger partial charge in [-0.05, 0) is 0 Å². The van der Waals surface area contributed by atoms with E-state index < -0.39 is 0 Å². The summed E-state index contributed by atoms with van der Waals surface area (Å²) in [5.74, 6) is 0. The quantitative estimate of drug-likeness (QED) is 0.540. The summed E-state index contributed by atoms with van der Waals surface area (Å²) >= 11 is 0. The summed E-state index contributed by atoms with van der Waals surface area (Å²) in [6.07, 6.45) is 1.31. The van der Waals surface area contributed by atoms with Crippen molar-refractivity contribution >= 4 is 0 Å². The zero-order valence-corrected chi connectivity index (χ0v) is 5.72. The van der Waals surface area contributed by atoms with E-state index in [-0.39, 0.29) is 32.7 Å². The molecule has 0 bridgehead atoms. The molecule has 5 heavy (non-hydrogen) atoms. The van der Waals surface area contributed by atoms with Crippen molar-refractivity contribution in [2.45, 2.75) is 0 Å². The third-order valence-corrected chi connectivity index (χ3v) is 0.105. The van der Waals surface area contributed by atoms with E-state index in [2.05, 4.69) is 6.58 Å². The summed E-state index contributed by atoms with van der Waals surface area (Å²) in [5, 5.41) is 7.63. The fourth-order valence-corrected chi connectivity index (χ4v) is 0. The van der Waals surface area contributed by atoms with Gasteiger partial charge in [-0.1, -0.05) is 0 Å². The van der Waals surface area contributed by atoms with Crippen LogP contribution in [0.25, 0.3) is 0 Å². The van der Waals surface area contributed by atoms with Gasteiger partial charge in [0.1, 0.15) is 0 Å². The largest absolute Gasteiger partial charge is 0.458 e. The maximum atomic E-state index is 7.63. The Balaban J connectivity index is 0. The number of aliphatic hydroxyl groups is 1. The molecule has 0 aromatic carbocycles. The van der Waals surface area contributed by atoms with Crippen molar-refractivity contribution in [1.29, 1.82) is 0 Å². The summed E-state index contributed by atoms with van der Waals surface area (Å²) < 4.78 is 0. The standard InChI is InChI=1S/C3H5O.Y/c1-2-3-4;/h2-4H,1H2;/q-1;. The summed E-state index contributed by atoms with van der Waals surface area (Å²) in [6, 6.07) is 0. The second kappa shape index (κ2) is 8.82. The van der Waals surface area contributed by atoms with Crippen LogP contribution in [-0.4, -0.2) is 5.11 Å². The van der Waals surface area contributed by atoms with E-state index in [0.717, 1.165) is 6.61 Å². The molecule has 2 heteroatoms. The first-order valence-electron chi connectivity index (χ1n) is 1.000.